The summed E-state index contributed by atoms with van der Waals surface area (Å²) in [5, 5.41) is 0. The summed E-state index contributed by atoms with van der Waals surface area (Å²) < 4.78 is 12.4. The number of ether oxygens (including phenoxy) is 2. The van der Waals surface area contributed by atoms with E-state index in [1.165, 1.54) is 0 Å². The van der Waals surface area contributed by atoms with Crippen molar-refractivity contribution in [1.29, 1.82) is 0 Å². The first-order chi connectivity index (χ1) is 15.1. The molecule has 32 heavy (non-hydrogen) atoms. The standard InChI is InChI=1S/C28H34O4/c1-18(2)28-16-14-27(5,15-17-28)23(31-25(29)21-10-6-19(3)7-11-21)24(28)32-26(30)22-12-8-20(4)9-13-22/h6-13,18,23-24H,14-17H2,1-5H3/t23-,24+,27-,28+/m1/s1. The summed E-state index contributed by atoms with van der Waals surface area (Å²) in [6.45, 7) is 10.5. The van der Waals surface area contributed by atoms with E-state index >= 15 is 0 Å². The zero-order chi connectivity index (χ0) is 23.1. The quantitative estimate of drug-likeness (QED) is 0.519. The average Bonchev–Trinajstić information content (AvgIpc) is 2.77. The van der Waals surface area contributed by atoms with Crippen molar-refractivity contribution in [2.75, 3.05) is 0 Å². The van der Waals surface area contributed by atoms with Crippen molar-refractivity contribution in [2.24, 2.45) is 16.7 Å². The van der Waals surface area contributed by atoms with Crippen LogP contribution in [0.25, 0.3) is 0 Å². The first-order valence-electron chi connectivity index (χ1n) is 11.7. The van der Waals surface area contributed by atoms with Gasteiger partial charge in [0, 0.05) is 10.8 Å². The highest BCUT2D eigenvalue weighted by Crippen LogP contribution is 2.61. The van der Waals surface area contributed by atoms with Gasteiger partial charge in [-0.1, -0.05) is 56.2 Å². The maximum absolute atomic E-state index is 13.1. The predicted octanol–water partition coefficient (Wildman–Crippen LogP) is 6.29. The number of esters is 2. The Morgan fingerprint density at radius 1 is 0.750 bits per heavy atom. The summed E-state index contributed by atoms with van der Waals surface area (Å²) in [6.07, 6.45) is 2.97. The van der Waals surface area contributed by atoms with Crippen LogP contribution >= 0.6 is 0 Å². The molecule has 0 radical (unpaired) electrons. The summed E-state index contributed by atoms with van der Waals surface area (Å²) in [7, 11) is 0. The zero-order valence-corrected chi connectivity index (χ0v) is 19.8. The van der Waals surface area contributed by atoms with Crippen LogP contribution in [0.1, 0.15) is 78.3 Å². The fourth-order valence-corrected chi connectivity index (χ4v) is 5.56. The Morgan fingerprint density at radius 2 is 1.16 bits per heavy atom. The van der Waals surface area contributed by atoms with E-state index in [9.17, 15) is 9.59 Å². The minimum atomic E-state index is -0.462. The van der Waals surface area contributed by atoms with Crippen LogP contribution in [0.2, 0.25) is 0 Å². The molecule has 0 N–H and O–H groups in total. The maximum atomic E-state index is 13.1. The first kappa shape index (κ1) is 22.6. The molecular formula is C28H34O4. The van der Waals surface area contributed by atoms with Crippen LogP contribution in [0.3, 0.4) is 0 Å². The van der Waals surface area contributed by atoms with Gasteiger partial charge in [0.1, 0.15) is 12.2 Å². The van der Waals surface area contributed by atoms with E-state index in [4.69, 9.17) is 9.47 Å². The van der Waals surface area contributed by atoms with Crippen molar-refractivity contribution >= 4 is 11.9 Å². The summed E-state index contributed by atoms with van der Waals surface area (Å²) in [5.41, 5.74) is 2.86. The Kier molecular flexibility index (Phi) is 5.91. The number of carbonyl (C=O) groups excluding carboxylic acids is 2. The minimum absolute atomic E-state index is 0.184. The number of rotatable bonds is 5. The van der Waals surface area contributed by atoms with Gasteiger partial charge in [0.2, 0.25) is 0 Å². The van der Waals surface area contributed by atoms with Gasteiger partial charge in [-0.3, -0.25) is 0 Å². The van der Waals surface area contributed by atoms with E-state index in [-0.39, 0.29) is 22.8 Å². The number of hydrogen-bond acceptors (Lipinski definition) is 4. The second-order valence-corrected chi connectivity index (χ2v) is 10.4. The van der Waals surface area contributed by atoms with Crippen molar-refractivity contribution < 1.29 is 19.1 Å². The molecule has 0 spiro atoms. The highest BCUT2D eigenvalue weighted by Gasteiger charge is 2.63. The van der Waals surface area contributed by atoms with Crippen LogP contribution in [-0.4, -0.2) is 24.1 Å². The monoisotopic (exact) mass is 434 g/mol. The molecule has 5 rings (SSSR count). The van der Waals surface area contributed by atoms with E-state index in [2.05, 4.69) is 20.8 Å². The van der Waals surface area contributed by atoms with Gasteiger partial charge in [-0.15, -0.1) is 0 Å². The number of hydrogen-bond donors (Lipinski definition) is 0. The highest BCUT2D eigenvalue weighted by molar-refractivity contribution is 5.90. The third kappa shape index (κ3) is 3.96. The summed E-state index contributed by atoms with van der Waals surface area (Å²) in [6, 6.07) is 14.9. The topological polar surface area (TPSA) is 52.6 Å². The minimum Gasteiger partial charge on any atom is -0.454 e. The van der Waals surface area contributed by atoms with Crippen LogP contribution in [0.15, 0.2) is 48.5 Å². The van der Waals surface area contributed by atoms with Gasteiger partial charge in [-0.25, -0.2) is 9.59 Å². The molecule has 3 saturated carbocycles. The lowest BCUT2D eigenvalue weighted by Crippen LogP contribution is -2.64. The Bertz CT molecular complexity index is 979. The fourth-order valence-electron chi connectivity index (χ4n) is 5.56. The molecule has 2 aromatic carbocycles. The van der Waals surface area contributed by atoms with E-state index < -0.39 is 12.2 Å². The van der Waals surface area contributed by atoms with Crippen molar-refractivity contribution in [3.63, 3.8) is 0 Å². The fraction of sp³-hybridized carbons (Fsp3) is 0.500. The molecule has 4 nitrogen and oxygen atoms in total. The predicted molar refractivity (Wildman–Crippen MR) is 125 cm³/mol. The Morgan fingerprint density at radius 3 is 1.56 bits per heavy atom. The molecule has 0 amide bonds. The smallest absolute Gasteiger partial charge is 0.338 e. The third-order valence-corrected chi connectivity index (χ3v) is 8.04. The molecule has 3 aliphatic carbocycles. The molecule has 0 heterocycles. The van der Waals surface area contributed by atoms with Gasteiger partial charge in [0.25, 0.3) is 0 Å². The third-order valence-electron chi connectivity index (χ3n) is 8.04. The molecular weight excluding hydrogens is 400 g/mol. The van der Waals surface area contributed by atoms with Gasteiger partial charge in [-0.05, 0) is 69.7 Å². The Hall–Kier alpha value is -2.62. The number of carbonyl (C=O) groups is 2. The van der Waals surface area contributed by atoms with Gasteiger partial charge in [-0.2, -0.15) is 0 Å². The lowest BCUT2D eigenvalue weighted by Gasteiger charge is -2.61. The van der Waals surface area contributed by atoms with E-state index in [1.54, 1.807) is 24.3 Å². The molecule has 2 atom stereocenters. The van der Waals surface area contributed by atoms with Crippen LogP contribution in [0.5, 0.6) is 0 Å². The number of fused-ring (bicyclic) bond motifs is 3. The molecule has 0 aliphatic heterocycles. The Balaban J connectivity index is 1.66. The largest absolute Gasteiger partial charge is 0.454 e. The molecule has 3 aliphatic rings. The second-order valence-electron chi connectivity index (χ2n) is 10.4. The highest BCUT2D eigenvalue weighted by atomic mass is 16.6. The van der Waals surface area contributed by atoms with Gasteiger partial charge >= 0.3 is 11.9 Å². The SMILES string of the molecule is Cc1ccc(C(=O)O[C@@H]2[C@H](OC(=O)c3ccc(C)cc3)[C@]3(C(C)C)CC[C@@]2(C)CC3)cc1. The first-order valence-corrected chi connectivity index (χ1v) is 11.7. The van der Waals surface area contributed by atoms with E-state index in [1.807, 2.05) is 38.1 Å². The second kappa shape index (κ2) is 8.38. The molecule has 4 heteroatoms. The Labute approximate surface area is 191 Å². The molecule has 0 saturated heterocycles. The van der Waals surface area contributed by atoms with Crippen LogP contribution < -0.4 is 0 Å². The van der Waals surface area contributed by atoms with Gasteiger partial charge in [0.05, 0.1) is 11.1 Å². The molecule has 170 valence electrons. The maximum Gasteiger partial charge on any atom is 0.338 e. The summed E-state index contributed by atoms with van der Waals surface area (Å²) in [4.78, 5) is 26.2. The van der Waals surface area contributed by atoms with E-state index in [0.717, 1.165) is 36.8 Å². The van der Waals surface area contributed by atoms with Crippen molar-refractivity contribution in [1.82, 2.24) is 0 Å². The lowest BCUT2D eigenvalue weighted by atomic mass is 9.48. The molecule has 2 bridgehead atoms. The van der Waals surface area contributed by atoms with Gasteiger partial charge in [0.15, 0.2) is 0 Å². The molecule has 0 unspecified atom stereocenters. The van der Waals surface area contributed by atoms with Crippen LogP contribution in [0.4, 0.5) is 0 Å². The normalized spacial score (nSPS) is 29.1. The number of benzene rings is 2. The molecule has 2 aromatic rings. The lowest BCUT2D eigenvalue weighted by molar-refractivity contribution is -0.210. The van der Waals surface area contributed by atoms with E-state index in [0.29, 0.717) is 17.0 Å². The van der Waals surface area contributed by atoms with Crippen molar-refractivity contribution in [2.45, 2.75) is 72.5 Å². The van der Waals surface area contributed by atoms with Gasteiger partial charge < -0.3 is 9.47 Å². The summed E-state index contributed by atoms with van der Waals surface area (Å²) in [5.74, 6) is -0.384. The zero-order valence-electron chi connectivity index (χ0n) is 19.8. The summed E-state index contributed by atoms with van der Waals surface area (Å²) >= 11 is 0. The van der Waals surface area contributed by atoms with Crippen molar-refractivity contribution in [3.05, 3.63) is 70.8 Å². The molecule has 3 fully saturated rings. The van der Waals surface area contributed by atoms with Crippen LogP contribution in [-0.2, 0) is 9.47 Å². The van der Waals surface area contributed by atoms with Crippen molar-refractivity contribution in [3.8, 4) is 0 Å². The number of aryl methyl sites for hydroxylation is 2. The molecule has 0 aromatic heterocycles. The van der Waals surface area contributed by atoms with Crippen LogP contribution in [0, 0.1) is 30.6 Å². The average molecular weight is 435 g/mol.